The van der Waals surface area contributed by atoms with Crippen LogP contribution >= 0.6 is 0 Å². The molecule has 1 aromatic heterocycles. The van der Waals surface area contributed by atoms with E-state index < -0.39 is 0 Å². The van der Waals surface area contributed by atoms with Crippen LogP contribution in [0.15, 0.2) is 79.1 Å². The SMILES string of the molecule is O=C1CN(Cc2ccc(O)cc2)CC(OCc2ccncc2)CN1CCc1ccccc1. The molecule has 2 aromatic carbocycles. The van der Waals surface area contributed by atoms with Crippen LogP contribution in [0.25, 0.3) is 0 Å². The van der Waals surface area contributed by atoms with Gasteiger partial charge in [-0.3, -0.25) is 14.7 Å². The van der Waals surface area contributed by atoms with Crippen LogP contribution in [-0.4, -0.2) is 58.1 Å². The van der Waals surface area contributed by atoms with Crippen molar-refractivity contribution >= 4 is 5.91 Å². The molecule has 1 fully saturated rings. The van der Waals surface area contributed by atoms with Gasteiger partial charge in [0.05, 0.1) is 19.3 Å². The molecular formula is C26H29N3O3. The summed E-state index contributed by atoms with van der Waals surface area (Å²) in [6.45, 7) is 3.38. The van der Waals surface area contributed by atoms with Crippen LogP contribution in [0.5, 0.6) is 5.75 Å². The molecule has 1 aliphatic rings. The molecule has 1 aliphatic heterocycles. The second-order valence-corrected chi connectivity index (χ2v) is 8.20. The molecular weight excluding hydrogens is 402 g/mol. The van der Waals surface area contributed by atoms with Crippen LogP contribution in [0, 0.1) is 0 Å². The summed E-state index contributed by atoms with van der Waals surface area (Å²) in [5, 5.41) is 9.56. The molecule has 1 unspecified atom stereocenters. The largest absolute Gasteiger partial charge is 0.508 e. The number of rotatable bonds is 8. The fraction of sp³-hybridized carbons (Fsp3) is 0.308. The predicted octanol–water partition coefficient (Wildman–Crippen LogP) is 3.26. The highest BCUT2D eigenvalue weighted by Crippen LogP contribution is 2.16. The molecule has 1 saturated heterocycles. The van der Waals surface area contributed by atoms with Crippen LogP contribution in [0.3, 0.4) is 0 Å². The highest BCUT2D eigenvalue weighted by molar-refractivity contribution is 5.78. The van der Waals surface area contributed by atoms with Gasteiger partial charge in [0.15, 0.2) is 0 Å². The molecule has 1 amide bonds. The minimum absolute atomic E-state index is 0.0949. The zero-order valence-corrected chi connectivity index (χ0v) is 18.1. The Hall–Kier alpha value is -3.22. The average molecular weight is 432 g/mol. The van der Waals surface area contributed by atoms with E-state index in [0.717, 1.165) is 17.5 Å². The van der Waals surface area contributed by atoms with Crippen LogP contribution in [0.2, 0.25) is 0 Å². The average Bonchev–Trinajstić information content (AvgIpc) is 2.97. The third-order valence-electron chi connectivity index (χ3n) is 5.69. The number of aromatic hydroxyl groups is 1. The Labute approximate surface area is 189 Å². The first-order valence-electron chi connectivity index (χ1n) is 11.0. The fourth-order valence-electron chi connectivity index (χ4n) is 3.95. The lowest BCUT2D eigenvalue weighted by atomic mass is 10.1. The summed E-state index contributed by atoms with van der Waals surface area (Å²) in [6, 6.07) is 21.3. The van der Waals surface area contributed by atoms with Gasteiger partial charge in [0.1, 0.15) is 5.75 Å². The number of nitrogens with zero attached hydrogens (tertiary/aromatic N) is 3. The van der Waals surface area contributed by atoms with E-state index in [1.165, 1.54) is 5.56 Å². The summed E-state index contributed by atoms with van der Waals surface area (Å²) in [5.74, 6) is 0.362. The van der Waals surface area contributed by atoms with Crippen molar-refractivity contribution in [1.82, 2.24) is 14.8 Å². The van der Waals surface area contributed by atoms with E-state index in [4.69, 9.17) is 4.74 Å². The molecule has 0 saturated carbocycles. The number of carbonyl (C=O) groups excluding carboxylic acids is 1. The van der Waals surface area contributed by atoms with E-state index in [1.54, 1.807) is 24.5 Å². The van der Waals surface area contributed by atoms with Gasteiger partial charge in [-0.15, -0.1) is 0 Å². The van der Waals surface area contributed by atoms with E-state index in [9.17, 15) is 9.90 Å². The molecule has 1 atom stereocenters. The van der Waals surface area contributed by atoms with Crippen molar-refractivity contribution in [2.75, 3.05) is 26.2 Å². The number of carbonyl (C=O) groups is 1. The van der Waals surface area contributed by atoms with Crippen LogP contribution in [-0.2, 0) is 29.1 Å². The van der Waals surface area contributed by atoms with Crippen molar-refractivity contribution in [2.24, 2.45) is 0 Å². The Morgan fingerprint density at radius 3 is 2.41 bits per heavy atom. The second-order valence-electron chi connectivity index (χ2n) is 8.20. The van der Waals surface area contributed by atoms with Gasteiger partial charge in [-0.05, 0) is 47.4 Å². The first-order valence-corrected chi connectivity index (χ1v) is 11.0. The molecule has 6 heteroatoms. The molecule has 0 radical (unpaired) electrons. The van der Waals surface area contributed by atoms with Gasteiger partial charge in [-0.1, -0.05) is 42.5 Å². The lowest BCUT2D eigenvalue weighted by Gasteiger charge is -2.25. The maximum atomic E-state index is 13.1. The van der Waals surface area contributed by atoms with Gasteiger partial charge in [0.25, 0.3) is 0 Å². The van der Waals surface area contributed by atoms with Gasteiger partial charge in [0, 0.05) is 38.6 Å². The van der Waals surface area contributed by atoms with E-state index >= 15 is 0 Å². The zero-order chi connectivity index (χ0) is 22.2. The summed E-state index contributed by atoms with van der Waals surface area (Å²) in [7, 11) is 0. The molecule has 0 bridgehead atoms. The van der Waals surface area contributed by atoms with E-state index in [0.29, 0.717) is 39.3 Å². The third-order valence-corrected chi connectivity index (χ3v) is 5.69. The molecule has 166 valence electrons. The van der Waals surface area contributed by atoms with Gasteiger partial charge in [0.2, 0.25) is 5.91 Å². The minimum atomic E-state index is -0.0949. The van der Waals surface area contributed by atoms with E-state index in [1.807, 2.05) is 47.4 Å². The first-order chi connectivity index (χ1) is 15.7. The van der Waals surface area contributed by atoms with E-state index in [2.05, 4.69) is 22.0 Å². The topological polar surface area (TPSA) is 65.9 Å². The number of pyridine rings is 1. The van der Waals surface area contributed by atoms with Gasteiger partial charge in [-0.2, -0.15) is 0 Å². The number of phenolic OH excluding ortho intramolecular Hbond substituents is 1. The Kier molecular flexibility index (Phi) is 7.48. The lowest BCUT2D eigenvalue weighted by molar-refractivity contribution is -0.131. The molecule has 4 rings (SSSR count). The summed E-state index contributed by atoms with van der Waals surface area (Å²) in [5.41, 5.74) is 3.34. The lowest BCUT2D eigenvalue weighted by Crippen LogP contribution is -2.39. The normalized spacial score (nSPS) is 17.3. The Morgan fingerprint density at radius 2 is 1.66 bits per heavy atom. The Balaban J connectivity index is 1.44. The Morgan fingerprint density at radius 1 is 0.906 bits per heavy atom. The van der Waals surface area contributed by atoms with Crippen molar-refractivity contribution in [3.8, 4) is 5.75 Å². The number of ether oxygens (including phenoxy) is 1. The van der Waals surface area contributed by atoms with Crippen LogP contribution in [0.4, 0.5) is 0 Å². The number of aromatic nitrogens is 1. The van der Waals surface area contributed by atoms with Crippen molar-refractivity contribution in [3.63, 3.8) is 0 Å². The number of hydrogen-bond donors (Lipinski definition) is 1. The molecule has 32 heavy (non-hydrogen) atoms. The third kappa shape index (κ3) is 6.39. The molecule has 0 aliphatic carbocycles. The predicted molar refractivity (Wildman–Crippen MR) is 123 cm³/mol. The standard InChI is InChI=1S/C26H29N3O3/c30-24-8-6-22(7-9-24)16-28-17-25(32-20-23-10-13-27-14-11-23)18-29(26(31)19-28)15-12-21-4-2-1-3-5-21/h1-11,13-14,25,30H,12,15-20H2. The second kappa shape index (κ2) is 10.9. The summed E-state index contributed by atoms with van der Waals surface area (Å²) in [4.78, 5) is 21.2. The van der Waals surface area contributed by atoms with Gasteiger partial charge < -0.3 is 14.7 Å². The smallest absolute Gasteiger partial charge is 0.236 e. The van der Waals surface area contributed by atoms with E-state index in [-0.39, 0.29) is 17.8 Å². The number of benzene rings is 2. The molecule has 1 N–H and O–H groups in total. The molecule has 3 aromatic rings. The summed E-state index contributed by atoms with van der Waals surface area (Å²) < 4.78 is 6.26. The monoisotopic (exact) mass is 431 g/mol. The minimum Gasteiger partial charge on any atom is -0.508 e. The highest BCUT2D eigenvalue weighted by Gasteiger charge is 2.28. The zero-order valence-electron chi connectivity index (χ0n) is 18.1. The Bertz CT molecular complexity index is 980. The van der Waals surface area contributed by atoms with Crippen LogP contribution in [0.1, 0.15) is 16.7 Å². The van der Waals surface area contributed by atoms with Crippen molar-refractivity contribution in [1.29, 1.82) is 0 Å². The van der Waals surface area contributed by atoms with Crippen molar-refractivity contribution < 1.29 is 14.6 Å². The molecule has 2 heterocycles. The number of phenols is 1. The maximum absolute atomic E-state index is 13.1. The fourth-order valence-corrected chi connectivity index (χ4v) is 3.95. The number of amides is 1. The number of hydrogen-bond acceptors (Lipinski definition) is 5. The highest BCUT2D eigenvalue weighted by atomic mass is 16.5. The summed E-state index contributed by atoms with van der Waals surface area (Å²) >= 11 is 0. The van der Waals surface area contributed by atoms with Crippen molar-refractivity contribution in [2.45, 2.75) is 25.7 Å². The van der Waals surface area contributed by atoms with Crippen LogP contribution < -0.4 is 0 Å². The van der Waals surface area contributed by atoms with Gasteiger partial charge in [-0.25, -0.2) is 0 Å². The summed E-state index contributed by atoms with van der Waals surface area (Å²) in [6.07, 6.45) is 4.25. The van der Waals surface area contributed by atoms with Crippen molar-refractivity contribution in [3.05, 3.63) is 95.8 Å². The molecule has 0 spiro atoms. The quantitative estimate of drug-likeness (QED) is 0.593. The maximum Gasteiger partial charge on any atom is 0.236 e. The first kappa shape index (κ1) is 22.0. The van der Waals surface area contributed by atoms with Gasteiger partial charge >= 0.3 is 0 Å². The molecule has 6 nitrogen and oxygen atoms in total.